The van der Waals surface area contributed by atoms with Gasteiger partial charge in [0.15, 0.2) is 5.82 Å². The lowest BCUT2D eigenvalue weighted by molar-refractivity contribution is 0.808. The molecule has 0 atom stereocenters. The summed E-state index contributed by atoms with van der Waals surface area (Å²) in [5.41, 5.74) is 3.40. The number of aromatic nitrogens is 2. The van der Waals surface area contributed by atoms with Gasteiger partial charge in [-0.2, -0.15) is 0 Å². The van der Waals surface area contributed by atoms with Crippen molar-refractivity contribution in [1.29, 1.82) is 0 Å². The van der Waals surface area contributed by atoms with E-state index in [1.165, 1.54) is 5.56 Å². The molecule has 0 unspecified atom stereocenters. The zero-order valence-electron chi connectivity index (χ0n) is 12.4. The van der Waals surface area contributed by atoms with Gasteiger partial charge in [-0.25, -0.2) is 9.97 Å². The van der Waals surface area contributed by atoms with Gasteiger partial charge in [0.25, 0.3) is 0 Å². The molecule has 0 amide bonds. The molecule has 1 aromatic heterocycles. The normalized spacial score (nSPS) is 10.9. The third-order valence-electron chi connectivity index (χ3n) is 3.04. The van der Waals surface area contributed by atoms with Crippen molar-refractivity contribution in [3.63, 3.8) is 0 Å². The summed E-state index contributed by atoms with van der Waals surface area (Å²) in [7, 11) is 0. The lowest BCUT2D eigenvalue weighted by atomic mass is 10.1. The molecule has 0 bridgehead atoms. The first-order valence-corrected chi connectivity index (χ1v) is 7.99. The molecule has 4 heteroatoms. The highest BCUT2D eigenvalue weighted by Gasteiger charge is 2.15. The minimum Gasteiger partial charge on any atom is -0.369 e. The molecule has 1 N–H and O–H groups in total. The number of anilines is 1. The van der Waals surface area contributed by atoms with Crippen LogP contribution in [0.25, 0.3) is 11.4 Å². The second kappa shape index (κ2) is 6.52. The SMILES string of the molecule is CCNc1nc(-c2cccc(C)c2)nc(C(C)C)c1I. The standard InChI is InChI=1S/C16H20IN3/c1-5-18-16-13(17)14(10(2)3)19-15(20-16)12-8-6-7-11(4)9-12/h6-10H,5H2,1-4H3,(H,18,19,20). The number of hydrogen-bond acceptors (Lipinski definition) is 3. The van der Waals surface area contributed by atoms with Crippen LogP contribution in [-0.2, 0) is 0 Å². The summed E-state index contributed by atoms with van der Waals surface area (Å²) in [6, 6.07) is 8.33. The molecule has 0 aliphatic heterocycles. The maximum atomic E-state index is 4.77. The highest BCUT2D eigenvalue weighted by atomic mass is 127. The van der Waals surface area contributed by atoms with Crippen molar-refractivity contribution >= 4 is 28.4 Å². The molecule has 0 fully saturated rings. The quantitative estimate of drug-likeness (QED) is 0.786. The topological polar surface area (TPSA) is 37.8 Å². The summed E-state index contributed by atoms with van der Waals surface area (Å²) in [6.07, 6.45) is 0. The first kappa shape index (κ1) is 15.2. The Bertz CT molecular complexity index is 609. The fraction of sp³-hybridized carbons (Fsp3) is 0.375. The summed E-state index contributed by atoms with van der Waals surface area (Å²) in [5.74, 6) is 2.11. The minimum atomic E-state index is 0.380. The Hall–Kier alpha value is -1.17. The van der Waals surface area contributed by atoms with Gasteiger partial charge in [0, 0.05) is 12.1 Å². The molecule has 106 valence electrons. The van der Waals surface area contributed by atoms with Crippen LogP contribution in [0.1, 0.15) is 37.9 Å². The number of nitrogens with one attached hydrogen (secondary N) is 1. The maximum absolute atomic E-state index is 4.77. The number of hydrogen-bond donors (Lipinski definition) is 1. The number of aryl methyl sites for hydroxylation is 1. The van der Waals surface area contributed by atoms with E-state index < -0.39 is 0 Å². The molecular weight excluding hydrogens is 361 g/mol. The molecule has 0 aliphatic carbocycles. The zero-order valence-corrected chi connectivity index (χ0v) is 14.5. The highest BCUT2D eigenvalue weighted by molar-refractivity contribution is 14.1. The summed E-state index contributed by atoms with van der Waals surface area (Å²) in [6.45, 7) is 9.36. The van der Waals surface area contributed by atoms with Crippen LogP contribution in [0.5, 0.6) is 0 Å². The predicted molar refractivity (Wildman–Crippen MR) is 93.2 cm³/mol. The molecule has 1 heterocycles. The van der Waals surface area contributed by atoms with Crippen molar-refractivity contribution in [3.8, 4) is 11.4 Å². The molecule has 20 heavy (non-hydrogen) atoms. The average Bonchev–Trinajstić information content (AvgIpc) is 2.41. The van der Waals surface area contributed by atoms with Crippen LogP contribution in [0.2, 0.25) is 0 Å². The smallest absolute Gasteiger partial charge is 0.161 e. The summed E-state index contributed by atoms with van der Waals surface area (Å²) in [4.78, 5) is 9.45. The van der Waals surface area contributed by atoms with E-state index in [0.29, 0.717) is 5.92 Å². The van der Waals surface area contributed by atoms with Gasteiger partial charge in [0.2, 0.25) is 0 Å². The highest BCUT2D eigenvalue weighted by Crippen LogP contribution is 2.28. The van der Waals surface area contributed by atoms with Gasteiger partial charge >= 0.3 is 0 Å². The van der Waals surface area contributed by atoms with Gasteiger partial charge in [0.1, 0.15) is 5.82 Å². The third kappa shape index (κ3) is 3.29. The van der Waals surface area contributed by atoms with Crippen LogP contribution < -0.4 is 5.32 Å². The van der Waals surface area contributed by atoms with Gasteiger partial charge in [0.05, 0.1) is 9.26 Å². The second-order valence-corrected chi connectivity index (χ2v) is 6.23. The fourth-order valence-corrected chi connectivity index (χ4v) is 3.10. The Morgan fingerprint density at radius 3 is 2.60 bits per heavy atom. The zero-order chi connectivity index (χ0) is 14.7. The first-order chi connectivity index (χ1) is 9.52. The van der Waals surface area contributed by atoms with E-state index in [1.807, 2.05) is 6.07 Å². The molecule has 0 spiro atoms. The summed E-state index contributed by atoms with van der Waals surface area (Å²) in [5, 5.41) is 3.34. The molecule has 0 radical (unpaired) electrons. The van der Waals surface area contributed by atoms with E-state index in [9.17, 15) is 0 Å². The summed E-state index contributed by atoms with van der Waals surface area (Å²) < 4.78 is 1.12. The molecule has 2 aromatic rings. The molecule has 0 aliphatic rings. The summed E-state index contributed by atoms with van der Waals surface area (Å²) >= 11 is 2.33. The van der Waals surface area contributed by atoms with Gasteiger partial charge in [-0.1, -0.05) is 37.6 Å². The first-order valence-electron chi connectivity index (χ1n) is 6.91. The van der Waals surface area contributed by atoms with E-state index in [1.54, 1.807) is 0 Å². The second-order valence-electron chi connectivity index (χ2n) is 5.15. The number of nitrogens with zero attached hydrogens (tertiary/aromatic N) is 2. The van der Waals surface area contributed by atoms with Crippen molar-refractivity contribution in [1.82, 2.24) is 9.97 Å². The van der Waals surface area contributed by atoms with Crippen LogP contribution >= 0.6 is 22.6 Å². The molecule has 0 saturated heterocycles. The van der Waals surface area contributed by atoms with Crippen molar-refractivity contribution < 1.29 is 0 Å². The fourth-order valence-electron chi connectivity index (χ4n) is 2.04. The Morgan fingerprint density at radius 2 is 2.00 bits per heavy atom. The Balaban J connectivity index is 2.58. The Morgan fingerprint density at radius 1 is 1.25 bits per heavy atom. The monoisotopic (exact) mass is 381 g/mol. The van der Waals surface area contributed by atoms with E-state index in [0.717, 1.165) is 33.0 Å². The maximum Gasteiger partial charge on any atom is 0.161 e. The van der Waals surface area contributed by atoms with Crippen LogP contribution in [0.15, 0.2) is 24.3 Å². The Labute approximate surface area is 134 Å². The van der Waals surface area contributed by atoms with Crippen molar-refractivity contribution in [3.05, 3.63) is 39.1 Å². The van der Waals surface area contributed by atoms with Gasteiger partial charge in [-0.05, 0) is 48.4 Å². The van der Waals surface area contributed by atoms with Gasteiger partial charge in [-0.15, -0.1) is 0 Å². The van der Waals surface area contributed by atoms with E-state index >= 15 is 0 Å². The van der Waals surface area contributed by atoms with Crippen LogP contribution in [0.4, 0.5) is 5.82 Å². The van der Waals surface area contributed by atoms with Crippen LogP contribution in [0.3, 0.4) is 0 Å². The molecular formula is C16H20IN3. The largest absolute Gasteiger partial charge is 0.369 e. The van der Waals surface area contributed by atoms with E-state index in [2.05, 4.69) is 78.8 Å². The van der Waals surface area contributed by atoms with Gasteiger partial charge < -0.3 is 5.32 Å². The average molecular weight is 381 g/mol. The predicted octanol–water partition coefficient (Wildman–Crippen LogP) is 4.61. The minimum absolute atomic E-state index is 0.380. The molecule has 2 rings (SSSR count). The molecule has 1 aromatic carbocycles. The van der Waals surface area contributed by atoms with E-state index in [-0.39, 0.29) is 0 Å². The van der Waals surface area contributed by atoms with Crippen LogP contribution in [-0.4, -0.2) is 16.5 Å². The molecule has 3 nitrogen and oxygen atoms in total. The Kier molecular flexibility index (Phi) is 4.96. The van der Waals surface area contributed by atoms with E-state index in [4.69, 9.17) is 4.98 Å². The van der Waals surface area contributed by atoms with Crippen molar-refractivity contribution in [2.24, 2.45) is 0 Å². The lowest BCUT2D eigenvalue weighted by Crippen LogP contribution is -2.09. The van der Waals surface area contributed by atoms with Crippen LogP contribution in [0, 0.1) is 10.5 Å². The molecule has 0 saturated carbocycles. The third-order valence-corrected chi connectivity index (χ3v) is 4.11. The van der Waals surface area contributed by atoms with Gasteiger partial charge in [-0.3, -0.25) is 0 Å². The number of rotatable bonds is 4. The van der Waals surface area contributed by atoms with Crippen molar-refractivity contribution in [2.45, 2.75) is 33.6 Å². The van der Waals surface area contributed by atoms with Crippen molar-refractivity contribution in [2.75, 3.05) is 11.9 Å². The number of halogens is 1. The lowest BCUT2D eigenvalue weighted by Gasteiger charge is -2.14. The number of benzene rings is 1.